The van der Waals surface area contributed by atoms with Gasteiger partial charge in [-0.3, -0.25) is 0 Å². The fraction of sp³-hybridized carbons (Fsp3) is 0.364. The maximum atomic E-state index is 5.89. The molecule has 17 heavy (non-hydrogen) atoms. The Bertz CT molecular complexity index is 495. The molecule has 0 saturated heterocycles. The molecule has 0 saturated carbocycles. The smallest absolute Gasteiger partial charge is 0.171 e. The lowest BCUT2D eigenvalue weighted by Gasteiger charge is -2.07. The zero-order chi connectivity index (χ0) is 12.3. The minimum atomic E-state index is 0.553. The van der Waals surface area contributed by atoms with Gasteiger partial charge in [0.25, 0.3) is 0 Å². The minimum absolute atomic E-state index is 0.553. The molecule has 2 aromatic rings. The average Bonchev–Trinajstić information content (AvgIpc) is 2.78. The molecular formula is C11H15N5S. The third-order valence-corrected chi connectivity index (χ3v) is 3.33. The van der Waals surface area contributed by atoms with Gasteiger partial charge >= 0.3 is 0 Å². The first-order valence-corrected chi connectivity index (χ1v) is 6.32. The van der Waals surface area contributed by atoms with Crippen LogP contribution in [0.5, 0.6) is 0 Å². The number of aromatic amines is 1. The number of aromatic nitrogens is 4. The van der Waals surface area contributed by atoms with Crippen molar-refractivity contribution in [2.45, 2.75) is 36.9 Å². The monoisotopic (exact) mass is 249 g/mol. The number of H-pyrrole nitrogens is 1. The Morgan fingerprint density at radius 3 is 2.88 bits per heavy atom. The van der Waals surface area contributed by atoms with Gasteiger partial charge in [0.05, 0.1) is 0 Å². The molecule has 0 spiro atoms. The van der Waals surface area contributed by atoms with Crippen molar-refractivity contribution in [2.24, 2.45) is 0 Å². The molecule has 0 aromatic carbocycles. The van der Waals surface area contributed by atoms with E-state index in [1.54, 1.807) is 12.4 Å². The number of aryl methyl sites for hydroxylation is 1. The summed E-state index contributed by atoms with van der Waals surface area (Å²) in [6.45, 7) is 4.02. The van der Waals surface area contributed by atoms with Gasteiger partial charge in [0.1, 0.15) is 16.7 Å². The number of anilines is 1. The minimum Gasteiger partial charge on any atom is -0.383 e. The molecule has 90 valence electrons. The first kappa shape index (κ1) is 11.9. The Kier molecular flexibility index (Phi) is 3.63. The maximum absolute atomic E-state index is 5.89. The van der Waals surface area contributed by atoms with Gasteiger partial charge in [-0.1, -0.05) is 6.92 Å². The molecule has 0 fully saturated rings. The first-order chi connectivity index (χ1) is 8.20. The number of nitrogens with zero attached hydrogens (tertiary/aromatic N) is 3. The van der Waals surface area contributed by atoms with E-state index in [1.807, 2.05) is 6.92 Å². The molecule has 2 aromatic heterocycles. The molecule has 3 N–H and O–H groups in total. The number of nitrogens with one attached hydrogen (secondary N) is 1. The lowest BCUT2D eigenvalue weighted by Crippen LogP contribution is -2.04. The SMILES string of the molecule is CCCc1nc(N)c(C)c(Sc2ncc[nH]2)n1. The normalized spacial score (nSPS) is 10.7. The summed E-state index contributed by atoms with van der Waals surface area (Å²) in [6.07, 6.45) is 5.36. The largest absolute Gasteiger partial charge is 0.383 e. The van der Waals surface area contributed by atoms with E-state index in [1.165, 1.54) is 11.8 Å². The van der Waals surface area contributed by atoms with Gasteiger partial charge in [0, 0.05) is 24.4 Å². The van der Waals surface area contributed by atoms with Crippen molar-refractivity contribution in [3.8, 4) is 0 Å². The summed E-state index contributed by atoms with van der Waals surface area (Å²) in [5.41, 5.74) is 6.79. The van der Waals surface area contributed by atoms with Gasteiger partial charge in [-0.25, -0.2) is 15.0 Å². The fourth-order valence-electron chi connectivity index (χ4n) is 1.39. The number of imidazole rings is 1. The molecule has 5 nitrogen and oxygen atoms in total. The first-order valence-electron chi connectivity index (χ1n) is 5.51. The van der Waals surface area contributed by atoms with Crippen LogP contribution in [0, 0.1) is 6.92 Å². The number of nitrogen functional groups attached to an aromatic ring is 1. The van der Waals surface area contributed by atoms with E-state index in [0.717, 1.165) is 34.4 Å². The highest BCUT2D eigenvalue weighted by atomic mass is 32.2. The van der Waals surface area contributed by atoms with Crippen molar-refractivity contribution in [1.82, 2.24) is 19.9 Å². The van der Waals surface area contributed by atoms with Gasteiger partial charge in [-0.15, -0.1) is 0 Å². The number of hydrogen-bond donors (Lipinski definition) is 2. The summed E-state index contributed by atoms with van der Waals surface area (Å²) in [7, 11) is 0. The summed E-state index contributed by atoms with van der Waals surface area (Å²) < 4.78 is 0. The van der Waals surface area contributed by atoms with E-state index in [0.29, 0.717) is 5.82 Å². The van der Waals surface area contributed by atoms with Crippen LogP contribution in [0.3, 0.4) is 0 Å². The van der Waals surface area contributed by atoms with Crippen LogP contribution in [0.15, 0.2) is 22.6 Å². The molecule has 0 aliphatic rings. The van der Waals surface area contributed by atoms with Crippen LogP contribution in [0.1, 0.15) is 24.7 Å². The molecule has 0 atom stereocenters. The van der Waals surface area contributed by atoms with Gasteiger partial charge in [0.2, 0.25) is 0 Å². The Morgan fingerprint density at radius 2 is 2.24 bits per heavy atom. The third-order valence-electron chi connectivity index (χ3n) is 2.33. The van der Waals surface area contributed by atoms with Gasteiger partial charge in [-0.05, 0) is 25.1 Å². The van der Waals surface area contributed by atoms with Crippen molar-refractivity contribution in [3.05, 3.63) is 23.8 Å². The lowest BCUT2D eigenvalue weighted by atomic mass is 10.3. The van der Waals surface area contributed by atoms with Gasteiger partial charge in [0.15, 0.2) is 5.16 Å². The highest BCUT2D eigenvalue weighted by molar-refractivity contribution is 7.99. The van der Waals surface area contributed by atoms with Crippen LogP contribution >= 0.6 is 11.8 Å². The summed E-state index contributed by atoms with van der Waals surface area (Å²) in [5, 5.41) is 1.68. The molecule has 0 bridgehead atoms. The summed E-state index contributed by atoms with van der Waals surface area (Å²) in [6, 6.07) is 0. The Balaban J connectivity index is 2.31. The van der Waals surface area contributed by atoms with E-state index >= 15 is 0 Å². The van der Waals surface area contributed by atoms with Crippen LogP contribution < -0.4 is 5.73 Å². The Hall–Kier alpha value is -1.56. The summed E-state index contributed by atoms with van der Waals surface area (Å²) in [4.78, 5) is 16.0. The Labute approximate surface area is 104 Å². The molecular weight excluding hydrogens is 234 g/mol. The van der Waals surface area contributed by atoms with Crippen molar-refractivity contribution in [3.63, 3.8) is 0 Å². The van der Waals surface area contributed by atoms with E-state index in [4.69, 9.17) is 5.73 Å². The number of rotatable bonds is 4. The molecule has 6 heteroatoms. The zero-order valence-corrected chi connectivity index (χ0v) is 10.7. The fourth-order valence-corrected chi connectivity index (χ4v) is 2.22. The second-order valence-corrected chi connectivity index (χ2v) is 4.68. The second-order valence-electron chi connectivity index (χ2n) is 3.70. The van der Waals surface area contributed by atoms with Gasteiger partial charge < -0.3 is 10.7 Å². The number of nitrogens with two attached hydrogens (primary N) is 1. The van der Waals surface area contributed by atoms with E-state index in [2.05, 4.69) is 26.9 Å². The average molecular weight is 249 g/mol. The molecule has 0 aliphatic heterocycles. The highest BCUT2D eigenvalue weighted by Gasteiger charge is 2.10. The van der Waals surface area contributed by atoms with Gasteiger partial charge in [-0.2, -0.15) is 0 Å². The quantitative estimate of drug-likeness (QED) is 0.812. The van der Waals surface area contributed by atoms with Crippen LogP contribution in [0.25, 0.3) is 0 Å². The molecule has 0 unspecified atom stereocenters. The van der Waals surface area contributed by atoms with Crippen LogP contribution in [-0.4, -0.2) is 19.9 Å². The summed E-state index contributed by atoms with van der Waals surface area (Å²) >= 11 is 1.48. The Morgan fingerprint density at radius 1 is 1.41 bits per heavy atom. The van der Waals surface area contributed by atoms with Crippen LogP contribution in [0.2, 0.25) is 0 Å². The standard InChI is InChI=1S/C11H15N5S/c1-3-4-8-15-9(12)7(2)10(16-8)17-11-13-5-6-14-11/h5-6H,3-4H2,1-2H3,(H,13,14)(H2,12,15,16). The molecule has 0 aliphatic carbocycles. The second kappa shape index (κ2) is 5.18. The molecule has 2 heterocycles. The topological polar surface area (TPSA) is 80.5 Å². The molecule has 0 radical (unpaired) electrons. The number of hydrogen-bond acceptors (Lipinski definition) is 5. The third kappa shape index (κ3) is 2.76. The zero-order valence-electron chi connectivity index (χ0n) is 9.90. The molecule has 0 amide bonds. The van der Waals surface area contributed by atoms with Crippen molar-refractivity contribution < 1.29 is 0 Å². The molecule has 2 rings (SSSR count). The van der Waals surface area contributed by atoms with E-state index in [-0.39, 0.29) is 0 Å². The van der Waals surface area contributed by atoms with E-state index < -0.39 is 0 Å². The highest BCUT2D eigenvalue weighted by Crippen LogP contribution is 2.28. The predicted molar refractivity (Wildman–Crippen MR) is 67.9 cm³/mol. The predicted octanol–water partition coefficient (Wildman–Crippen LogP) is 2.19. The van der Waals surface area contributed by atoms with E-state index in [9.17, 15) is 0 Å². The maximum Gasteiger partial charge on any atom is 0.171 e. The van der Waals surface area contributed by atoms with Crippen molar-refractivity contribution in [1.29, 1.82) is 0 Å². The summed E-state index contributed by atoms with van der Waals surface area (Å²) in [5.74, 6) is 1.35. The van der Waals surface area contributed by atoms with Crippen LogP contribution in [0.4, 0.5) is 5.82 Å². The van der Waals surface area contributed by atoms with Crippen molar-refractivity contribution >= 4 is 17.6 Å². The van der Waals surface area contributed by atoms with Crippen LogP contribution in [-0.2, 0) is 6.42 Å². The lowest BCUT2D eigenvalue weighted by molar-refractivity contribution is 0.805. The van der Waals surface area contributed by atoms with Crippen molar-refractivity contribution in [2.75, 3.05) is 5.73 Å².